The van der Waals surface area contributed by atoms with E-state index < -0.39 is 23.9 Å². The number of nitrogens with zero attached hydrogens (tertiary/aromatic N) is 1. The first kappa shape index (κ1) is 9.40. The van der Waals surface area contributed by atoms with E-state index in [4.69, 9.17) is 5.73 Å². The van der Waals surface area contributed by atoms with Crippen molar-refractivity contribution >= 4 is 17.8 Å². The summed E-state index contributed by atoms with van der Waals surface area (Å²) < 4.78 is 0. The molecule has 0 bridgehead atoms. The Morgan fingerprint density at radius 1 is 1.54 bits per heavy atom. The number of carbonyl (C=O) groups excluding carboxylic acids is 3. The molecule has 0 saturated carbocycles. The summed E-state index contributed by atoms with van der Waals surface area (Å²) in [5, 5.41) is 1.95. The van der Waals surface area contributed by atoms with Gasteiger partial charge < -0.3 is 5.73 Å². The van der Waals surface area contributed by atoms with Gasteiger partial charge in [0.05, 0.1) is 0 Å². The summed E-state index contributed by atoms with van der Waals surface area (Å²) in [4.78, 5) is 33.9. The zero-order valence-electron chi connectivity index (χ0n) is 6.82. The van der Waals surface area contributed by atoms with Gasteiger partial charge in [-0.2, -0.15) is 0 Å². The molecule has 4 amide bonds. The summed E-state index contributed by atoms with van der Waals surface area (Å²) in [6, 6.07) is -2.05. The molecule has 0 aromatic rings. The maximum Gasteiger partial charge on any atom is 0.331 e. The fraction of sp³-hybridized carbons (Fsp3) is 0.286. The van der Waals surface area contributed by atoms with Gasteiger partial charge in [0, 0.05) is 6.54 Å². The molecule has 1 heterocycles. The number of amides is 4. The average molecular weight is 183 g/mol. The first-order chi connectivity index (χ1) is 6.07. The van der Waals surface area contributed by atoms with Crippen LogP contribution in [0.3, 0.4) is 0 Å². The van der Waals surface area contributed by atoms with Gasteiger partial charge in [0.25, 0.3) is 11.8 Å². The molecule has 70 valence electrons. The van der Waals surface area contributed by atoms with Crippen LogP contribution in [0, 0.1) is 0 Å². The fourth-order valence-electron chi connectivity index (χ4n) is 0.933. The van der Waals surface area contributed by atoms with Gasteiger partial charge in [0.2, 0.25) is 0 Å². The van der Waals surface area contributed by atoms with Crippen LogP contribution in [0.4, 0.5) is 4.79 Å². The van der Waals surface area contributed by atoms with Crippen molar-refractivity contribution in [3.8, 4) is 0 Å². The number of barbiturate groups is 1. The number of rotatable bonds is 2. The highest BCUT2D eigenvalue weighted by Crippen LogP contribution is 2.01. The maximum absolute atomic E-state index is 11.2. The number of urea groups is 1. The standard InChI is InChI=1S/C7H9N3O3/c1-2-3-10-6(12)4(8)5(11)9-7(10)13/h2,4H,1,3,8H2,(H,9,11,13). The van der Waals surface area contributed by atoms with Crippen LogP contribution in [0.15, 0.2) is 12.7 Å². The van der Waals surface area contributed by atoms with E-state index in [9.17, 15) is 14.4 Å². The highest BCUT2D eigenvalue weighted by molar-refractivity contribution is 6.18. The van der Waals surface area contributed by atoms with Gasteiger partial charge in [-0.1, -0.05) is 6.08 Å². The van der Waals surface area contributed by atoms with Gasteiger partial charge in [0.15, 0.2) is 6.04 Å². The van der Waals surface area contributed by atoms with E-state index in [1.165, 1.54) is 6.08 Å². The zero-order valence-corrected chi connectivity index (χ0v) is 6.82. The van der Waals surface area contributed by atoms with Crippen LogP contribution in [0.1, 0.15) is 0 Å². The molecule has 1 unspecified atom stereocenters. The third-order valence-corrected chi connectivity index (χ3v) is 1.60. The largest absolute Gasteiger partial charge is 0.331 e. The lowest BCUT2D eigenvalue weighted by Crippen LogP contribution is -2.63. The maximum atomic E-state index is 11.2. The Morgan fingerprint density at radius 2 is 2.15 bits per heavy atom. The van der Waals surface area contributed by atoms with Crippen LogP contribution in [0.2, 0.25) is 0 Å². The summed E-state index contributed by atoms with van der Waals surface area (Å²) in [6.07, 6.45) is 1.37. The van der Waals surface area contributed by atoms with E-state index in [2.05, 4.69) is 6.58 Å². The molecule has 1 fully saturated rings. The lowest BCUT2D eigenvalue weighted by molar-refractivity contribution is -0.137. The van der Waals surface area contributed by atoms with Crippen molar-refractivity contribution in [1.29, 1.82) is 0 Å². The molecular weight excluding hydrogens is 174 g/mol. The zero-order chi connectivity index (χ0) is 10.0. The summed E-state index contributed by atoms with van der Waals surface area (Å²) in [5.41, 5.74) is 5.21. The molecule has 0 radical (unpaired) electrons. The number of nitrogens with one attached hydrogen (secondary N) is 1. The summed E-state index contributed by atoms with van der Waals surface area (Å²) in [5.74, 6) is -1.47. The van der Waals surface area contributed by atoms with Crippen LogP contribution in [-0.2, 0) is 9.59 Å². The van der Waals surface area contributed by atoms with E-state index in [-0.39, 0.29) is 6.54 Å². The lowest BCUT2D eigenvalue weighted by atomic mass is 10.2. The minimum absolute atomic E-state index is 0.0473. The fourth-order valence-corrected chi connectivity index (χ4v) is 0.933. The second-order valence-corrected chi connectivity index (χ2v) is 2.51. The van der Waals surface area contributed by atoms with E-state index in [0.29, 0.717) is 0 Å². The minimum Gasteiger partial charge on any atom is -0.312 e. The van der Waals surface area contributed by atoms with E-state index in [1.54, 1.807) is 0 Å². The first-order valence-corrected chi connectivity index (χ1v) is 3.60. The highest BCUT2D eigenvalue weighted by atomic mass is 16.2. The second kappa shape index (κ2) is 3.36. The summed E-state index contributed by atoms with van der Waals surface area (Å²) in [6.45, 7) is 3.42. The molecular formula is C7H9N3O3. The number of carbonyl (C=O) groups is 3. The summed E-state index contributed by atoms with van der Waals surface area (Å²) >= 11 is 0. The average Bonchev–Trinajstić information content (AvgIpc) is 2.09. The van der Waals surface area contributed by atoms with Crippen molar-refractivity contribution in [2.75, 3.05) is 6.54 Å². The van der Waals surface area contributed by atoms with E-state index in [1.807, 2.05) is 5.32 Å². The van der Waals surface area contributed by atoms with Crippen molar-refractivity contribution < 1.29 is 14.4 Å². The van der Waals surface area contributed by atoms with Gasteiger partial charge in [0.1, 0.15) is 0 Å². The number of imide groups is 2. The number of nitrogens with two attached hydrogens (primary N) is 1. The minimum atomic E-state index is -1.29. The Bertz CT molecular complexity index is 287. The van der Waals surface area contributed by atoms with Gasteiger partial charge >= 0.3 is 6.03 Å². The molecule has 1 saturated heterocycles. The molecule has 6 heteroatoms. The molecule has 3 N–H and O–H groups in total. The summed E-state index contributed by atoms with van der Waals surface area (Å²) in [7, 11) is 0. The quantitative estimate of drug-likeness (QED) is 0.406. The molecule has 6 nitrogen and oxygen atoms in total. The Kier molecular flexibility index (Phi) is 2.43. The Morgan fingerprint density at radius 3 is 2.69 bits per heavy atom. The Balaban J connectivity index is 2.85. The van der Waals surface area contributed by atoms with Crippen LogP contribution in [0.25, 0.3) is 0 Å². The molecule has 1 rings (SSSR count). The SMILES string of the molecule is C=CCN1C(=O)NC(=O)C(N)C1=O. The van der Waals surface area contributed by atoms with Crippen molar-refractivity contribution in [2.24, 2.45) is 5.73 Å². The monoisotopic (exact) mass is 183 g/mol. The molecule has 1 aliphatic heterocycles. The third-order valence-electron chi connectivity index (χ3n) is 1.60. The van der Waals surface area contributed by atoms with Crippen LogP contribution in [0.5, 0.6) is 0 Å². The van der Waals surface area contributed by atoms with E-state index in [0.717, 1.165) is 4.90 Å². The first-order valence-electron chi connectivity index (χ1n) is 3.60. The normalized spacial score (nSPS) is 23.0. The van der Waals surface area contributed by atoms with Crippen LogP contribution < -0.4 is 11.1 Å². The predicted octanol–water partition coefficient (Wildman–Crippen LogP) is -1.42. The third kappa shape index (κ3) is 1.57. The topological polar surface area (TPSA) is 92.5 Å². The molecule has 0 spiro atoms. The number of hydrogen-bond donors (Lipinski definition) is 2. The van der Waals surface area contributed by atoms with Crippen LogP contribution >= 0.6 is 0 Å². The highest BCUT2D eigenvalue weighted by Gasteiger charge is 2.37. The van der Waals surface area contributed by atoms with Crippen molar-refractivity contribution in [3.05, 3.63) is 12.7 Å². The molecule has 13 heavy (non-hydrogen) atoms. The van der Waals surface area contributed by atoms with Gasteiger partial charge in [-0.3, -0.25) is 19.8 Å². The predicted molar refractivity (Wildman–Crippen MR) is 43.4 cm³/mol. The second-order valence-electron chi connectivity index (χ2n) is 2.51. The van der Waals surface area contributed by atoms with Gasteiger partial charge in [-0.25, -0.2) is 4.79 Å². The Hall–Kier alpha value is -1.69. The molecule has 0 aromatic heterocycles. The molecule has 1 atom stereocenters. The van der Waals surface area contributed by atoms with Crippen molar-refractivity contribution in [3.63, 3.8) is 0 Å². The molecule has 1 aliphatic rings. The number of hydrogen-bond acceptors (Lipinski definition) is 4. The smallest absolute Gasteiger partial charge is 0.312 e. The molecule has 0 aliphatic carbocycles. The van der Waals surface area contributed by atoms with Crippen LogP contribution in [-0.4, -0.2) is 35.3 Å². The van der Waals surface area contributed by atoms with E-state index >= 15 is 0 Å². The Labute approximate surface area is 74.4 Å². The van der Waals surface area contributed by atoms with Gasteiger partial charge in [-0.05, 0) is 0 Å². The lowest BCUT2D eigenvalue weighted by Gasteiger charge is -2.26. The van der Waals surface area contributed by atoms with Crippen molar-refractivity contribution in [2.45, 2.75) is 6.04 Å². The van der Waals surface area contributed by atoms with Crippen molar-refractivity contribution in [1.82, 2.24) is 10.2 Å². The molecule has 0 aromatic carbocycles. The van der Waals surface area contributed by atoms with Gasteiger partial charge in [-0.15, -0.1) is 6.58 Å².